The lowest BCUT2D eigenvalue weighted by atomic mass is 10.2. The van der Waals surface area contributed by atoms with Crippen molar-refractivity contribution in [1.82, 2.24) is 13.9 Å². The van der Waals surface area contributed by atoms with E-state index in [0.29, 0.717) is 28.4 Å². The largest absolute Gasteiger partial charge is 0.434 e. The lowest BCUT2D eigenvalue weighted by Gasteiger charge is -2.12. The molecule has 0 atom stereocenters. The minimum absolute atomic E-state index is 0.0916. The van der Waals surface area contributed by atoms with Crippen LogP contribution in [0, 0.1) is 13.8 Å². The molecule has 34 heavy (non-hydrogen) atoms. The van der Waals surface area contributed by atoms with Crippen LogP contribution >= 0.6 is 48.0 Å². The molecule has 2 aromatic rings. The van der Waals surface area contributed by atoms with Crippen molar-refractivity contribution in [2.45, 2.75) is 39.0 Å². The smallest absolute Gasteiger partial charge is 0.384 e. The normalized spacial score (nSPS) is 13.8. The zero-order valence-electron chi connectivity index (χ0n) is 17.3. The van der Waals surface area contributed by atoms with E-state index in [1.54, 1.807) is 0 Å². The molecule has 1 fully saturated rings. The average molecular weight is 688 g/mol. The van der Waals surface area contributed by atoms with Gasteiger partial charge in [-0.25, -0.2) is 13.9 Å². The summed E-state index contributed by atoms with van der Waals surface area (Å²) in [4.78, 5) is 27.3. The Bertz CT molecular complexity index is 1040. The summed E-state index contributed by atoms with van der Waals surface area (Å²) >= 11 is 8.68. The number of nitrogen functional groups attached to an aromatic ring is 2. The molecule has 0 aliphatic carbocycles. The number of hydrogen-bond donors (Lipinski definition) is 2. The molecule has 1 aliphatic heterocycles. The highest BCUT2D eigenvalue weighted by Crippen LogP contribution is 2.39. The highest BCUT2D eigenvalue weighted by Gasteiger charge is 2.36. The Morgan fingerprint density at radius 1 is 0.882 bits per heavy atom. The molecule has 188 valence electrons. The van der Waals surface area contributed by atoms with Gasteiger partial charge in [0.25, 0.3) is 0 Å². The van der Waals surface area contributed by atoms with Crippen LogP contribution in [0.25, 0.3) is 0 Å². The maximum absolute atomic E-state index is 12.4. The van der Waals surface area contributed by atoms with Crippen molar-refractivity contribution >= 4 is 71.5 Å². The number of hydrogen-bond acceptors (Lipinski definition) is 6. The number of halogens is 9. The monoisotopic (exact) mass is 685 g/mol. The van der Waals surface area contributed by atoms with Crippen LogP contribution in [0.15, 0.2) is 21.1 Å². The van der Waals surface area contributed by atoms with Crippen LogP contribution in [0.1, 0.15) is 35.4 Å². The summed E-state index contributed by atoms with van der Waals surface area (Å²) in [5.41, 5.74) is 9.34. The second-order valence-electron chi connectivity index (χ2n) is 6.62. The molecular weight excluding hydrogens is 672 g/mol. The van der Waals surface area contributed by atoms with E-state index in [0.717, 1.165) is 9.99 Å². The number of nitrogens with zero attached hydrogens (tertiary/aromatic N) is 3. The van der Waals surface area contributed by atoms with Crippen LogP contribution in [-0.4, -0.2) is 25.7 Å². The molecule has 16 heteroatoms. The molecule has 0 aromatic carbocycles. The summed E-state index contributed by atoms with van der Waals surface area (Å²) in [5, 5.41) is 0. The molecule has 1 aliphatic rings. The summed E-state index contributed by atoms with van der Waals surface area (Å²) in [5.74, 6) is -0.564. The molecule has 0 radical (unpaired) electrons. The maximum Gasteiger partial charge on any atom is 0.434 e. The van der Waals surface area contributed by atoms with Crippen LogP contribution in [0.5, 0.6) is 0 Å². The van der Waals surface area contributed by atoms with Crippen molar-refractivity contribution in [3.05, 3.63) is 43.6 Å². The number of anilines is 2. The van der Waals surface area contributed by atoms with Gasteiger partial charge in [0.1, 0.15) is 17.3 Å². The van der Waals surface area contributed by atoms with Crippen LogP contribution in [-0.2, 0) is 21.9 Å². The van der Waals surface area contributed by atoms with Crippen molar-refractivity contribution in [3.8, 4) is 0 Å². The Labute approximate surface area is 214 Å². The minimum Gasteiger partial charge on any atom is -0.384 e. The van der Waals surface area contributed by atoms with E-state index in [4.69, 9.17) is 11.5 Å². The third kappa shape index (κ3) is 8.37. The predicted octanol–water partition coefficient (Wildman–Crippen LogP) is 5.95. The molecule has 3 rings (SSSR count). The first kappa shape index (κ1) is 30.1. The third-order valence-electron chi connectivity index (χ3n) is 3.86. The molecule has 2 amide bonds. The zero-order chi connectivity index (χ0) is 26.6. The topological polar surface area (TPSA) is 115 Å². The fourth-order valence-electron chi connectivity index (χ4n) is 2.26. The number of pyridine rings is 2. The minimum atomic E-state index is -4.50. The molecule has 0 bridgehead atoms. The second kappa shape index (κ2) is 11.7. The van der Waals surface area contributed by atoms with Gasteiger partial charge in [-0.05, 0) is 69.0 Å². The van der Waals surface area contributed by atoms with Crippen LogP contribution < -0.4 is 11.5 Å². The van der Waals surface area contributed by atoms with E-state index < -0.39 is 23.7 Å². The van der Waals surface area contributed by atoms with Gasteiger partial charge in [-0.2, -0.15) is 26.3 Å². The molecule has 0 saturated carbocycles. The standard InChI is InChI=1S/C7H5Br2F3N2.C7H7F3N2.C4H4BrNO2/c1-2-3(8)5(7(10,11)12)14-6(13)4(2)9;1-4-2-5(7(8,9)10)12-6(11)3-4;5-6-3(7)1-2-4(6)8/h1H3,(H2,13,14);2-3H,1H3,(H2,11,12);1-2H2. The number of carbonyl (C=O) groups excluding carboxylic acids is 2. The van der Waals surface area contributed by atoms with E-state index in [-0.39, 0.29) is 27.9 Å². The summed E-state index contributed by atoms with van der Waals surface area (Å²) in [6.45, 7) is 3.05. The fourth-order valence-corrected chi connectivity index (χ4v) is 3.68. The summed E-state index contributed by atoms with van der Waals surface area (Å²) in [6, 6.07) is 2.34. The van der Waals surface area contributed by atoms with Crippen LogP contribution in [0.2, 0.25) is 0 Å². The van der Waals surface area contributed by atoms with Gasteiger partial charge in [0.15, 0.2) is 5.69 Å². The number of imide groups is 1. The Hall–Kier alpha value is -1.94. The van der Waals surface area contributed by atoms with Gasteiger partial charge >= 0.3 is 12.4 Å². The fraction of sp³-hybridized carbons (Fsp3) is 0.333. The number of alkyl halides is 6. The lowest BCUT2D eigenvalue weighted by Crippen LogP contribution is -2.16. The molecule has 2 aromatic heterocycles. The second-order valence-corrected chi connectivity index (χ2v) is 8.91. The Morgan fingerprint density at radius 3 is 1.74 bits per heavy atom. The van der Waals surface area contributed by atoms with Gasteiger partial charge in [0.05, 0.1) is 25.1 Å². The third-order valence-corrected chi connectivity index (χ3v) is 6.63. The number of aryl methyl sites for hydroxylation is 1. The first-order chi connectivity index (χ1) is 15.4. The van der Waals surface area contributed by atoms with E-state index in [1.807, 2.05) is 0 Å². The number of rotatable bonds is 0. The van der Waals surface area contributed by atoms with E-state index in [9.17, 15) is 35.9 Å². The number of carbonyl (C=O) groups is 2. The van der Waals surface area contributed by atoms with Crippen LogP contribution in [0.4, 0.5) is 38.0 Å². The molecular formula is C18H16Br3F6N5O2. The van der Waals surface area contributed by atoms with Crippen molar-refractivity contribution < 1.29 is 35.9 Å². The molecule has 0 spiro atoms. The van der Waals surface area contributed by atoms with E-state index >= 15 is 0 Å². The SMILES string of the molecule is Cc1c(Br)c(N)nc(C(F)(F)F)c1Br.Cc1cc(N)nc(C(F)(F)F)c1.O=C1CCC(=O)N1Br. The summed E-state index contributed by atoms with van der Waals surface area (Å²) in [6.07, 6.45) is -8.22. The predicted molar refractivity (Wildman–Crippen MR) is 122 cm³/mol. The summed E-state index contributed by atoms with van der Waals surface area (Å²) in [7, 11) is 0. The highest BCUT2D eigenvalue weighted by atomic mass is 79.9. The zero-order valence-corrected chi connectivity index (χ0v) is 22.0. The van der Waals surface area contributed by atoms with Gasteiger partial charge in [-0.15, -0.1) is 0 Å². The van der Waals surface area contributed by atoms with Gasteiger partial charge in [0, 0.05) is 12.8 Å². The molecule has 7 nitrogen and oxygen atoms in total. The van der Waals surface area contributed by atoms with Crippen LogP contribution in [0.3, 0.4) is 0 Å². The quantitative estimate of drug-likeness (QED) is 0.201. The Morgan fingerprint density at radius 2 is 1.38 bits per heavy atom. The average Bonchev–Trinajstić information content (AvgIpc) is 2.99. The van der Waals surface area contributed by atoms with Crippen molar-refractivity contribution in [1.29, 1.82) is 0 Å². The maximum atomic E-state index is 12.4. The number of amides is 2. The first-order valence-corrected chi connectivity index (χ1v) is 11.2. The van der Waals surface area contributed by atoms with Crippen molar-refractivity contribution in [2.24, 2.45) is 0 Å². The molecule has 1 saturated heterocycles. The summed E-state index contributed by atoms with van der Waals surface area (Å²) < 4.78 is 74.5. The number of aromatic nitrogens is 2. The lowest BCUT2D eigenvalue weighted by molar-refractivity contribution is -0.142. The van der Waals surface area contributed by atoms with Gasteiger partial charge in [0.2, 0.25) is 11.8 Å². The van der Waals surface area contributed by atoms with Crippen molar-refractivity contribution in [3.63, 3.8) is 0 Å². The number of nitrogens with two attached hydrogens (primary N) is 2. The van der Waals surface area contributed by atoms with Gasteiger partial charge < -0.3 is 11.5 Å². The Balaban J connectivity index is 0.000000264. The van der Waals surface area contributed by atoms with E-state index in [1.165, 1.54) is 19.9 Å². The van der Waals surface area contributed by atoms with Crippen molar-refractivity contribution in [2.75, 3.05) is 11.5 Å². The molecule has 3 heterocycles. The van der Waals surface area contributed by atoms with Gasteiger partial charge in [-0.3, -0.25) is 9.59 Å². The highest BCUT2D eigenvalue weighted by molar-refractivity contribution is 9.11. The molecule has 0 unspecified atom stereocenters. The molecule has 4 N–H and O–H groups in total. The first-order valence-electron chi connectivity index (χ1n) is 8.87. The Kier molecular flexibility index (Phi) is 10.3. The van der Waals surface area contributed by atoms with E-state index in [2.05, 4.69) is 58.0 Å². The van der Waals surface area contributed by atoms with Gasteiger partial charge in [-0.1, -0.05) is 0 Å².